The predicted octanol–water partition coefficient (Wildman–Crippen LogP) is 2.12. The van der Waals surface area contributed by atoms with Gasteiger partial charge >= 0.3 is 6.61 Å². The number of rotatable bonds is 7. The summed E-state index contributed by atoms with van der Waals surface area (Å²) in [6.07, 6.45) is 1.35. The lowest BCUT2D eigenvalue weighted by atomic mass is 10.2. The van der Waals surface area contributed by atoms with Crippen LogP contribution in [-0.4, -0.2) is 37.7 Å². The molecule has 2 N–H and O–H groups in total. The summed E-state index contributed by atoms with van der Waals surface area (Å²) in [7, 11) is 1.59. The molecule has 0 saturated carbocycles. The van der Waals surface area contributed by atoms with Crippen molar-refractivity contribution in [2.75, 3.05) is 13.7 Å². The Kier molecular flexibility index (Phi) is 7.55. The Morgan fingerprint density at radius 2 is 2.14 bits per heavy atom. The number of halogens is 2. The van der Waals surface area contributed by atoms with Gasteiger partial charge in [0.25, 0.3) is 0 Å². The van der Waals surface area contributed by atoms with Crippen molar-refractivity contribution in [3.63, 3.8) is 0 Å². The van der Waals surface area contributed by atoms with Crippen LogP contribution in [0.4, 0.5) is 8.78 Å². The fourth-order valence-corrected chi connectivity index (χ4v) is 1.75. The van der Waals surface area contributed by atoms with Gasteiger partial charge < -0.3 is 14.8 Å². The van der Waals surface area contributed by atoms with Crippen LogP contribution in [0.2, 0.25) is 0 Å². The van der Waals surface area contributed by atoms with Crippen LogP contribution in [0.25, 0.3) is 0 Å². The lowest BCUT2D eigenvalue weighted by molar-refractivity contribution is -0.0499. The van der Waals surface area contributed by atoms with E-state index in [0.717, 1.165) is 0 Å². The average Bonchev–Trinajstić information content (AvgIpc) is 2.40. The number of hydrogen-bond donors (Lipinski definition) is 2. The van der Waals surface area contributed by atoms with Gasteiger partial charge in [-0.05, 0) is 31.3 Å². The minimum atomic E-state index is -2.88. The molecule has 0 bridgehead atoms. The van der Waals surface area contributed by atoms with E-state index in [1.165, 1.54) is 12.3 Å². The van der Waals surface area contributed by atoms with E-state index in [1.54, 1.807) is 25.3 Å². The van der Waals surface area contributed by atoms with Crippen molar-refractivity contribution < 1.29 is 18.3 Å². The van der Waals surface area contributed by atoms with Crippen molar-refractivity contribution in [2.24, 2.45) is 5.10 Å². The summed E-state index contributed by atoms with van der Waals surface area (Å²) in [5.74, 6) is 0.0460. The topological polar surface area (TPSA) is 54.9 Å². The summed E-state index contributed by atoms with van der Waals surface area (Å²) in [4.78, 5) is 0. The van der Waals surface area contributed by atoms with Gasteiger partial charge in [-0.15, -0.1) is 0 Å². The van der Waals surface area contributed by atoms with Crippen LogP contribution in [-0.2, 0) is 4.74 Å². The molecule has 0 heterocycles. The predicted molar refractivity (Wildman–Crippen MR) is 80.9 cm³/mol. The summed E-state index contributed by atoms with van der Waals surface area (Å²) in [5, 5.41) is 7.13. The quantitative estimate of drug-likeness (QED) is 0.458. The molecule has 0 saturated heterocycles. The minimum absolute atomic E-state index is 0.0275. The standard InChI is InChI=1S/C13H17F2N3O2S/c1-9(8-19-2)17-13(21)18-16-7-10-5-3-4-6-11(10)20-12(14)15/h3-7,9,12H,8H2,1-2H3,(H2,17,18,21)/b16-7-/t9-/m0/s1. The molecule has 0 unspecified atom stereocenters. The Hall–Kier alpha value is -1.80. The number of nitrogens with zero attached hydrogens (tertiary/aromatic N) is 1. The van der Waals surface area contributed by atoms with Crippen LogP contribution in [0.1, 0.15) is 12.5 Å². The molecular formula is C13H17F2N3O2S. The SMILES string of the molecule is COC[C@H](C)NC(=S)N/N=C\c1ccccc1OC(F)F. The van der Waals surface area contributed by atoms with Gasteiger partial charge in [0.15, 0.2) is 5.11 Å². The molecule has 0 radical (unpaired) electrons. The summed E-state index contributed by atoms with van der Waals surface area (Å²) < 4.78 is 33.8. The first-order chi connectivity index (χ1) is 10.0. The summed E-state index contributed by atoms with van der Waals surface area (Å²) in [6, 6.07) is 6.36. The molecule has 0 aliphatic carbocycles. The van der Waals surface area contributed by atoms with E-state index in [4.69, 9.17) is 17.0 Å². The molecule has 1 aromatic rings. The molecule has 21 heavy (non-hydrogen) atoms. The van der Waals surface area contributed by atoms with Crippen LogP contribution in [0, 0.1) is 0 Å². The van der Waals surface area contributed by atoms with Gasteiger partial charge in [-0.3, -0.25) is 5.43 Å². The molecule has 1 rings (SSSR count). The maximum absolute atomic E-state index is 12.2. The Balaban J connectivity index is 2.55. The molecule has 8 heteroatoms. The third-order valence-corrected chi connectivity index (χ3v) is 2.51. The van der Waals surface area contributed by atoms with E-state index >= 15 is 0 Å². The molecule has 1 atom stereocenters. The van der Waals surface area contributed by atoms with Crippen LogP contribution >= 0.6 is 12.2 Å². The first kappa shape index (κ1) is 17.3. The minimum Gasteiger partial charge on any atom is -0.434 e. The van der Waals surface area contributed by atoms with Gasteiger partial charge in [0, 0.05) is 18.7 Å². The number of hydrazone groups is 1. The molecule has 116 valence electrons. The van der Waals surface area contributed by atoms with E-state index in [0.29, 0.717) is 17.3 Å². The van der Waals surface area contributed by atoms with E-state index in [9.17, 15) is 8.78 Å². The molecule has 1 aromatic carbocycles. The normalized spacial score (nSPS) is 12.4. The Morgan fingerprint density at radius 1 is 1.43 bits per heavy atom. The number of thiocarbonyl (C=S) groups is 1. The van der Waals surface area contributed by atoms with Gasteiger partial charge in [0.2, 0.25) is 0 Å². The zero-order chi connectivity index (χ0) is 15.7. The first-order valence-electron chi connectivity index (χ1n) is 6.15. The average molecular weight is 317 g/mol. The highest BCUT2D eigenvalue weighted by Crippen LogP contribution is 2.18. The highest BCUT2D eigenvalue weighted by atomic mass is 32.1. The number of alkyl halides is 2. The lowest BCUT2D eigenvalue weighted by Gasteiger charge is -2.13. The van der Waals surface area contributed by atoms with Crippen LogP contribution in [0.15, 0.2) is 29.4 Å². The molecule has 0 spiro atoms. The summed E-state index contributed by atoms with van der Waals surface area (Å²) in [5.41, 5.74) is 3.01. The molecule has 0 aliphatic rings. The van der Waals surface area contributed by atoms with E-state index < -0.39 is 6.61 Å². The second-order valence-electron chi connectivity index (χ2n) is 4.12. The van der Waals surface area contributed by atoms with E-state index in [1.807, 2.05) is 6.92 Å². The van der Waals surface area contributed by atoms with Gasteiger partial charge in [-0.1, -0.05) is 12.1 Å². The van der Waals surface area contributed by atoms with Gasteiger partial charge in [-0.25, -0.2) is 0 Å². The zero-order valence-electron chi connectivity index (χ0n) is 11.7. The molecule has 0 fully saturated rings. The number of ether oxygens (including phenoxy) is 2. The molecule has 0 aromatic heterocycles. The first-order valence-corrected chi connectivity index (χ1v) is 6.56. The molecule has 0 aliphatic heterocycles. The number of nitrogens with one attached hydrogen (secondary N) is 2. The summed E-state index contributed by atoms with van der Waals surface area (Å²) in [6.45, 7) is -0.492. The van der Waals surface area contributed by atoms with Crippen molar-refractivity contribution in [1.29, 1.82) is 0 Å². The monoisotopic (exact) mass is 317 g/mol. The van der Waals surface area contributed by atoms with Crippen LogP contribution in [0.5, 0.6) is 5.75 Å². The number of hydrogen-bond acceptors (Lipinski definition) is 4. The Labute approximate surface area is 127 Å². The number of methoxy groups -OCH3 is 1. The Morgan fingerprint density at radius 3 is 2.81 bits per heavy atom. The smallest absolute Gasteiger partial charge is 0.387 e. The molecule has 0 amide bonds. The van der Waals surface area contributed by atoms with Crippen molar-refractivity contribution in [2.45, 2.75) is 19.6 Å². The maximum atomic E-state index is 12.2. The van der Waals surface area contributed by atoms with Crippen molar-refractivity contribution in [3.8, 4) is 5.75 Å². The van der Waals surface area contributed by atoms with Gasteiger partial charge in [0.05, 0.1) is 12.8 Å². The van der Waals surface area contributed by atoms with E-state index in [2.05, 4.69) is 20.6 Å². The second kappa shape index (κ2) is 9.19. The molecule has 5 nitrogen and oxygen atoms in total. The molecular weight excluding hydrogens is 300 g/mol. The van der Waals surface area contributed by atoms with Crippen molar-refractivity contribution >= 4 is 23.5 Å². The number of benzene rings is 1. The summed E-state index contributed by atoms with van der Waals surface area (Å²) >= 11 is 5.02. The van der Waals surface area contributed by atoms with Crippen molar-refractivity contribution in [1.82, 2.24) is 10.7 Å². The van der Waals surface area contributed by atoms with Gasteiger partial charge in [-0.2, -0.15) is 13.9 Å². The maximum Gasteiger partial charge on any atom is 0.387 e. The zero-order valence-corrected chi connectivity index (χ0v) is 12.5. The lowest BCUT2D eigenvalue weighted by Crippen LogP contribution is -2.40. The van der Waals surface area contributed by atoms with Gasteiger partial charge in [0.1, 0.15) is 5.75 Å². The van der Waals surface area contributed by atoms with Crippen LogP contribution < -0.4 is 15.5 Å². The van der Waals surface area contributed by atoms with Crippen molar-refractivity contribution in [3.05, 3.63) is 29.8 Å². The third kappa shape index (κ3) is 6.96. The second-order valence-corrected chi connectivity index (χ2v) is 4.52. The van der Waals surface area contributed by atoms with Crippen LogP contribution in [0.3, 0.4) is 0 Å². The fraction of sp³-hybridized carbons (Fsp3) is 0.385. The Bertz CT molecular complexity index is 486. The largest absolute Gasteiger partial charge is 0.434 e. The fourth-order valence-electron chi connectivity index (χ4n) is 1.50. The third-order valence-electron chi connectivity index (χ3n) is 2.30. The number of para-hydroxylation sites is 1. The highest BCUT2D eigenvalue weighted by molar-refractivity contribution is 7.80. The highest BCUT2D eigenvalue weighted by Gasteiger charge is 2.07. The van der Waals surface area contributed by atoms with E-state index in [-0.39, 0.29) is 11.8 Å².